The van der Waals surface area contributed by atoms with Gasteiger partial charge in [0.25, 0.3) is 5.91 Å². The number of thiazole rings is 1. The highest BCUT2D eigenvalue weighted by atomic mass is 35.5. The summed E-state index contributed by atoms with van der Waals surface area (Å²) in [5.41, 5.74) is 0.739. The number of nitrogens with zero attached hydrogens (tertiary/aromatic N) is 2. The van der Waals surface area contributed by atoms with Gasteiger partial charge in [-0.15, -0.1) is 11.3 Å². The van der Waals surface area contributed by atoms with E-state index in [2.05, 4.69) is 10.3 Å². The Balaban J connectivity index is 1.54. The van der Waals surface area contributed by atoms with Crippen molar-refractivity contribution in [2.24, 2.45) is 0 Å². The molecule has 0 bridgehead atoms. The molecule has 0 atom stereocenters. The molecule has 0 saturated heterocycles. The number of nitrogens with one attached hydrogen (secondary N) is 1. The van der Waals surface area contributed by atoms with Crippen LogP contribution >= 0.6 is 22.9 Å². The van der Waals surface area contributed by atoms with E-state index in [-0.39, 0.29) is 28.8 Å². The molecule has 146 valence electrons. The number of amides is 1. The van der Waals surface area contributed by atoms with Crippen LogP contribution in [0.15, 0.2) is 45.9 Å². The van der Waals surface area contributed by atoms with Crippen molar-refractivity contribution >= 4 is 44.0 Å². The number of hydrogen-bond acceptors (Lipinski definition) is 6. The third-order valence-electron chi connectivity index (χ3n) is 4.19. The number of carbonyl (C=O) groups excluding carboxylic acids is 1. The van der Waals surface area contributed by atoms with Crippen LogP contribution in [0.1, 0.15) is 21.1 Å². The normalized spacial score (nSPS) is 14.6. The summed E-state index contributed by atoms with van der Waals surface area (Å²) in [5, 5.41) is 2.77. The van der Waals surface area contributed by atoms with Crippen molar-refractivity contribution in [3.05, 3.63) is 63.8 Å². The van der Waals surface area contributed by atoms with E-state index in [4.69, 9.17) is 16.0 Å². The maximum absolute atomic E-state index is 13.3. The molecule has 3 heterocycles. The number of halogens is 2. The minimum atomic E-state index is -3.83. The van der Waals surface area contributed by atoms with Gasteiger partial charge in [-0.05, 0) is 30.3 Å². The number of furan rings is 1. The lowest BCUT2D eigenvalue weighted by molar-refractivity contribution is 0.0996. The van der Waals surface area contributed by atoms with Crippen molar-refractivity contribution in [3.63, 3.8) is 0 Å². The average molecular weight is 442 g/mol. The van der Waals surface area contributed by atoms with Gasteiger partial charge in [0.2, 0.25) is 10.0 Å². The lowest BCUT2D eigenvalue weighted by Gasteiger charge is -2.25. The number of fused-ring (bicyclic) bond motifs is 1. The number of carbonyl (C=O) groups is 1. The molecule has 28 heavy (non-hydrogen) atoms. The molecule has 1 N–H and O–H groups in total. The monoisotopic (exact) mass is 441 g/mol. The summed E-state index contributed by atoms with van der Waals surface area (Å²) in [7, 11) is -3.83. The molecular formula is C17H13ClFN3O4S2. The smallest absolute Gasteiger partial charge is 0.293 e. The summed E-state index contributed by atoms with van der Waals surface area (Å²) < 4.78 is 45.4. The fourth-order valence-electron chi connectivity index (χ4n) is 2.78. The second-order valence-corrected chi connectivity index (χ2v) is 9.41. The average Bonchev–Trinajstić information content (AvgIpc) is 3.32. The van der Waals surface area contributed by atoms with Gasteiger partial charge in [0.1, 0.15) is 5.82 Å². The largest absolute Gasteiger partial charge is 0.459 e. The van der Waals surface area contributed by atoms with Gasteiger partial charge < -0.3 is 4.42 Å². The van der Waals surface area contributed by atoms with Crippen LogP contribution in [0, 0.1) is 5.82 Å². The minimum Gasteiger partial charge on any atom is -0.459 e. The van der Waals surface area contributed by atoms with E-state index in [9.17, 15) is 17.6 Å². The molecule has 7 nitrogen and oxygen atoms in total. The maximum Gasteiger partial charge on any atom is 0.293 e. The summed E-state index contributed by atoms with van der Waals surface area (Å²) in [6.45, 7) is 0.334. The number of sulfonamides is 1. The van der Waals surface area contributed by atoms with Crippen LogP contribution in [-0.4, -0.2) is 30.2 Å². The van der Waals surface area contributed by atoms with Gasteiger partial charge in [-0.1, -0.05) is 11.6 Å². The Labute approximate surface area is 168 Å². The van der Waals surface area contributed by atoms with E-state index in [1.807, 2.05) is 0 Å². The molecule has 1 aliphatic heterocycles. The molecule has 1 aromatic carbocycles. The standard InChI is InChI=1S/C17H13ClFN3O4S2/c18-11-8-10(3-4-12(11)19)28(24,25)22-6-5-13-15(9-22)27-17(20-13)21-16(23)14-2-1-7-26-14/h1-4,7-8H,5-6,9H2,(H,20,21,23). The molecule has 1 amide bonds. The third kappa shape index (κ3) is 3.55. The molecule has 0 unspecified atom stereocenters. The zero-order chi connectivity index (χ0) is 19.9. The van der Waals surface area contributed by atoms with Crippen molar-refractivity contribution in [3.8, 4) is 0 Å². The number of anilines is 1. The quantitative estimate of drug-likeness (QED) is 0.668. The fourth-order valence-corrected chi connectivity index (χ4v) is 5.56. The molecule has 2 aromatic heterocycles. The molecule has 0 aliphatic carbocycles. The van der Waals surface area contributed by atoms with Crippen LogP contribution < -0.4 is 5.32 Å². The summed E-state index contributed by atoms with van der Waals surface area (Å²) >= 11 is 6.92. The number of aromatic nitrogens is 1. The van der Waals surface area contributed by atoms with Gasteiger partial charge in [0.05, 0.1) is 28.4 Å². The zero-order valence-electron chi connectivity index (χ0n) is 14.2. The lowest BCUT2D eigenvalue weighted by Crippen LogP contribution is -2.35. The fraction of sp³-hybridized carbons (Fsp3) is 0.176. The van der Waals surface area contributed by atoms with Crippen LogP contribution in [0.3, 0.4) is 0 Å². The Kier molecular flexibility index (Phi) is 4.96. The topological polar surface area (TPSA) is 92.5 Å². The second kappa shape index (κ2) is 7.28. The van der Waals surface area contributed by atoms with Crippen LogP contribution in [0.2, 0.25) is 5.02 Å². The first-order chi connectivity index (χ1) is 13.3. The van der Waals surface area contributed by atoms with Gasteiger partial charge in [-0.25, -0.2) is 17.8 Å². The van der Waals surface area contributed by atoms with E-state index in [0.717, 1.165) is 22.7 Å². The van der Waals surface area contributed by atoms with Gasteiger partial charge in [-0.2, -0.15) is 4.31 Å². The molecule has 4 rings (SSSR count). The Hall–Kier alpha value is -2.27. The third-order valence-corrected chi connectivity index (χ3v) is 7.32. The molecule has 3 aromatic rings. The summed E-state index contributed by atoms with van der Waals surface area (Å²) in [6, 6.07) is 6.45. The van der Waals surface area contributed by atoms with Crippen LogP contribution in [-0.2, 0) is 23.0 Å². The van der Waals surface area contributed by atoms with Gasteiger partial charge in [-0.3, -0.25) is 10.1 Å². The highest BCUT2D eigenvalue weighted by Gasteiger charge is 2.31. The first-order valence-corrected chi connectivity index (χ1v) is 10.8. The lowest BCUT2D eigenvalue weighted by atomic mass is 10.2. The second-order valence-electron chi connectivity index (χ2n) is 5.98. The zero-order valence-corrected chi connectivity index (χ0v) is 16.6. The predicted molar refractivity (Wildman–Crippen MR) is 101 cm³/mol. The van der Waals surface area contributed by atoms with Crippen molar-refractivity contribution < 1.29 is 22.0 Å². The van der Waals surface area contributed by atoms with Gasteiger partial charge in [0.15, 0.2) is 10.9 Å². The number of hydrogen-bond donors (Lipinski definition) is 1. The van der Waals surface area contributed by atoms with E-state index in [1.54, 1.807) is 6.07 Å². The van der Waals surface area contributed by atoms with Gasteiger partial charge >= 0.3 is 0 Å². The van der Waals surface area contributed by atoms with Crippen LogP contribution in [0.4, 0.5) is 9.52 Å². The molecular weight excluding hydrogens is 429 g/mol. The van der Waals surface area contributed by atoms with Crippen LogP contribution in [0.5, 0.6) is 0 Å². The van der Waals surface area contributed by atoms with E-state index >= 15 is 0 Å². The Morgan fingerprint density at radius 1 is 1.36 bits per heavy atom. The summed E-state index contributed by atoms with van der Waals surface area (Å²) in [5.74, 6) is -0.951. The predicted octanol–water partition coefficient (Wildman–Crippen LogP) is 3.53. The van der Waals surface area contributed by atoms with Crippen molar-refractivity contribution in [1.29, 1.82) is 0 Å². The highest BCUT2D eigenvalue weighted by molar-refractivity contribution is 7.89. The molecule has 0 spiro atoms. The Morgan fingerprint density at radius 3 is 2.89 bits per heavy atom. The minimum absolute atomic E-state index is 0.0711. The van der Waals surface area contributed by atoms with E-state index < -0.39 is 21.7 Å². The van der Waals surface area contributed by atoms with Gasteiger partial charge in [0, 0.05) is 17.8 Å². The molecule has 1 aliphatic rings. The van der Waals surface area contributed by atoms with E-state index in [0.29, 0.717) is 11.6 Å². The first-order valence-electron chi connectivity index (χ1n) is 8.13. The van der Waals surface area contributed by atoms with Crippen molar-refractivity contribution in [1.82, 2.24) is 9.29 Å². The van der Waals surface area contributed by atoms with Crippen molar-refractivity contribution in [2.75, 3.05) is 11.9 Å². The highest BCUT2D eigenvalue weighted by Crippen LogP contribution is 2.32. The number of benzene rings is 1. The summed E-state index contributed by atoms with van der Waals surface area (Å²) in [6.07, 6.45) is 1.79. The Bertz CT molecular complexity index is 1150. The molecule has 0 radical (unpaired) electrons. The SMILES string of the molecule is O=C(Nc1nc2c(s1)CN(S(=O)(=O)c1ccc(F)c(Cl)c1)CC2)c1ccco1. The van der Waals surface area contributed by atoms with E-state index in [1.165, 1.54) is 34.0 Å². The summed E-state index contributed by atoms with van der Waals surface area (Å²) in [4.78, 5) is 17.1. The van der Waals surface area contributed by atoms with Crippen molar-refractivity contribution in [2.45, 2.75) is 17.9 Å². The molecule has 0 saturated carbocycles. The Morgan fingerprint density at radius 2 is 2.18 bits per heavy atom. The first kappa shape index (κ1) is 19.1. The maximum atomic E-state index is 13.3. The molecule has 11 heteroatoms. The van der Waals surface area contributed by atoms with Crippen LogP contribution in [0.25, 0.3) is 0 Å². The number of rotatable bonds is 4. The molecule has 0 fully saturated rings.